The second kappa shape index (κ2) is 12.6. The smallest absolute Gasteiger partial charge is 0.407 e. The monoisotopic (exact) mass is 579 g/mol. The van der Waals surface area contributed by atoms with Crippen LogP contribution in [0, 0.1) is 11.7 Å². The second-order valence-electron chi connectivity index (χ2n) is 11.6. The summed E-state index contributed by atoms with van der Waals surface area (Å²) in [6.07, 6.45) is 1.09. The van der Waals surface area contributed by atoms with Crippen LogP contribution in [-0.4, -0.2) is 58.4 Å². The van der Waals surface area contributed by atoms with Crippen LogP contribution in [0.3, 0.4) is 0 Å². The summed E-state index contributed by atoms with van der Waals surface area (Å²) in [4.78, 5) is 54.2. The highest BCUT2D eigenvalue weighted by Crippen LogP contribution is 2.32. The highest BCUT2D eigenvalue weighted by Gasteiger charge is 2.36. The highest BCUT2D eigenvalue weighted by atomic mass is 19.1. The molecular formula is C31H38FN5O5. The summed E-state index contributed by atoms with van der Waals surface area (Å²) in [5, 5.41) is 8.52. The number of hydrogen-bond acceptors (Lipinski definition) is 5. The topological polar surface area (TPSA) is 133 Å². The van der Waals surface area contributed by atoms with E-state index in [4.69, 9.17) is 4.74 Å². The van der Waals surface area contributed by atoms with Crippen LogP contribution in [0.25, 0.3) is 22.2 Å². The van der Waals surface area contributed by atoms with Crippen molar-refractivity contribution in [3.63, 3.8) is 0 Å². The molecule has 1 unspecified atom stereocenters. The fourth-order valence-corrected chi connectivity index (χ4v) is 5.00. The number of nitrogens with zero attached hydrogens (tertiary/aromatic N) is 1. The Morgan fingerprint density at radius 1 is 1.07 bits per heavy atom. The number of amides is 4. The number of halogens is 1. The van der Waals surface area contributed by atoms with Crippen LogP contribution in [0.15, 0.2) is 42.5 Å². The van der Waals surface area contributed by atoms with Crippen LogP contribution in [0.5, 0.6) is 0 Å². The second-order valence-corrected chi connectivity index (χ2v) is 11.6. The number of nitrogens with one attached hydrogen (secondary N) is 4. The predicted molar refractivity (Wildman–Crippen MR) is 159 cm³/mol. The maximum atomic E-state index is 15.4. The molecule has 1 aliphatic rings. The number of H-pyrrole nitrogens is 1. The Bertz CT molecular complexity index is 1480. The van der Waals surface area contributed by atoms with E-state index in [0.29, 0.717) is 59.3 Å². The van der Waals surface area contributed by atoms with Crippen molar-refractivity contribution in [1.82, 2.24) is 15.2 Å². The minimum atomic E-state index is -0.636. The van der Waals surface area contributed by atoms with E-state index in [9.17, 15) is 19.2 Å². The number of rotatable bonds is 8. The summed E-state index contributed by atoms with van der Waals surface area (Å²) < 4.78 is 20.7. The van der Waals surface area contributed by atoms with Gasteiger partial charge in [0, 0.05) is 53.8 Å². The molecule has 11 heteroatoms. The van der Waals surface area contributed by atoms with Crippen LogP contribution in [0.4, 0.5) is 20.6 Å². The minimum absolute atomic E-state index is 0.153. The number of aromatic nitrogens is 1. The first-order valence-corrected chi connectivity index (χ1v) is 14.1. The summed E-state index contributed by atoms with van der Waals surface area (Å²) in [6.45, 7) is 9.26. The molecule has 4 amide bonds. The number of carbonyl (C=O) groups excluding carboxylic acids is 4. The van der Waals surface area contributed by atoms with Gasteiger partial charge in [0.25, 0.3) is 0 Å². The van der Waals surface area contributed by atoms with Crippen LogP contribution in [-0.2, 0) is 19.1 Å². The zero-order valence-corrected chi connectivity index (χ0v) is 24.6. The third kappa shape index (κ3) is 7.45. The van der Waals surface area contributed by atoms with Crippen LogP contribution < -0.4 is 16.0 Å². The minimum Gasteiger partial charge on any atom is -0.444 e. The third-order valence-corrected chi connectivity index (χ3v) is 7.00. The van der Waals surface area contributed by atoms with E-state index in [2.05, 4.69) is 20.9 Å². The summed E-state index contributed by atoms with van der Waals surface area (Å²) >= 11 is 0. The van der Waals surface area contributed by atoms with Gasteiger partial charge in [-0.2, -0.15) is 0 Å². The number of alkyl carbamates (subject to hydrolysis) is 1. The standard InChI is InChI=1S/C31H38FN5O5/c1-18(14-15-33-30(41)42-31(3,4)5)29(40)37-16-6-7-25(37)28(39)35-22-12-13-24-23(17-22)26(32)27(36-24)20-8-10-21(11-9-20)34-19(2)38/h8-13,17-18,25,36H,6-7,14-16H2,1-5H3,(H,33,41)(H,34,38)(H,35,39)/t18?,25-/m0/s1. The van der Waals surface area contributed by atoms with Crippen molar-refractivity contribution in [3.8, 4) is 11.3 Å². The van der Waals surface area contributed by atoms with E-state index in [0.717, 1.165) is 0 Å². The van der Waals surface area contributed by atoms with Gasteiger partial charge in [-0.1, -0.05) is 19.1 Å². The number of benzene rings is 2. The zero-order chi connectivity index (χ0) is 30.6. The first-order valence-electron chi connectivity index (χ1n) is 14.1. The summed E-state index contributed by atoms with van der Waals surface area (Å²) in [5.74, 6) is -1.53. The summed E-state index contributed by atoms with van der Waals surface area (Å²) in [5.41, 5.74) is 1.90. The lowest BCUT2D eigenvalue weighted by Gasteiger charge is -2.27. The predicted octanol–water partition coefficient (Wildman–Crippen LogP) is 5.41. The van der Waals surface area contributed by atoms with Crippen LogP contribution in [0.2, 0.25) is 0 Å². The molecule has 1 aliphatic heterocycles. The highest BCUT2D eigenvalue weighted by molar-refractivity contribution is 6.00. The summed E-state index contributed by atoms with van der Waals surface area (Å²) in [6, 6.07) is 11.1. The number of fused-ring (bicyclic) bond motifs is 1. The fourth-order valence-electron chi connectivity index (χ4n) is 5.00. The van der Waals surface area contributed by atoms with E-state index in [1.165, 1.54) is 6.92 Å². The van der Waals surface area contributed by atoms with E-state index in [-0.39, 0.29) is 24.3 Å². The third-order valence-electron chi connectivity index (χ3n) is 7.00. The Morgan fingerprint density at radius 2 is 1.76 bits per heavy atom. The summed E-state index contributed by atoms with van der Waals surface area (Å²) in [7, 11) is 0. The maximum Gasteiger partial charge on any atom is 0.407 e. The molecule has 10 nitrogen and oxygen atoms in total. The van der Waals surface area contributed by atoms with Crippen molar-refractivity contribution in [3.05, 3.63) is 48.3 Å². The Labute approximate surface area is 244 Å². The number of likely N-dealkylation sites (tertiary alicyclic amines) is 1. The Morgan fingerprint density at radius 3 is 2.43 bits per heavy atom. The van der Waals surface area contributed by atoms with Gasteiger partial charge in [-0.25, -0.2) is 9.18 Å². The lowest BCUT2D eigenvalue weighted by molar-refractivity contribution is -0.139. The van der Waals surface area contributed by atoms with Gasteiger partial charge in [0.15, 0.2) is 5.82 Å². The molecule has 0 spiro atoms. The van der Waals surface area contributed by atoms with Crippen molar-refractivity contribution < 1.29 is 28.3 Å². The lowest BCUT2D eigenvalue weighted by atomic mass is 10.1. The molecule has 1 saturated heterocycles. The first kappa shape index (κ1) is 30.5. The largest absolute Gasteiger partial charge is 0.444 e. The Hall–Kier alpha value is -4.41. The molecule has 2 heterocycles. The molecule has 0 aliphatic carbocycles. The van der Waals surface area contributed by atoms with Gasteiger partial charge in [0.1, 0.15) is 11.6 Å². The van der Waals surface area contributed by atoms with Crippen molar-refractivity contribution >= 4 is 46.1 Å². The van der Waals surface area contributed by atoms with Crippen molar-refractivity contribution in [1.29, 1.82) is 0 Å². The van der Waals surface area contributed by atoms with Gasteiger partial charge in [0.05, 0.1) is 5.69 Å². The average Bonchev–Trinajstić information content (AvgIpc) is 3.52. The molecule has 3 aromatic rings. The average molecular weight is 580 g/mol. The van der Waals surface area contributed by atoms with Gasteiger partial charge < -0.3 is 30.6 Å². The molecule has 4 N–H and O–H groups in total. The van der Waals surface area contributed by atoms with Crippen molar-refractivity contribution in [2.75, 3.05) is 23.7 Å². The first-order chi connectivity index (χ1) is 19.8. The normalized spacial score (nSPS) is 15.8. The number of carbonyl (C=O) groups is 4. The molecule has 0 saturated carbocycles. The van der Waals surface area contributed by atoms with Gasteiger partial charge in [-0.05, 0) is 70.4 Å². The molecule has 0 bridgehead atoms. The van der Waals surface area contributed by atoms with E-state index in [1.807, 2.05) is 0 Å². The van der Waals surface area contributed by atoms with Crippen molar-refractivity contribution in [2.24, 2.45) is 5.92 Å². The van der Waals surface area contributed by atoms with E-state index >= 15 is 4.39 Å². The Kier molecular flexibility index (Phi) is 9.18. The zero-order valence-electron chi connectivity index (χ0n) is 24.6. The Balaban J connectivity index is 1.39. The molecular weight excluding hydrogens is 541 g/mol. The SMILES string of the molecule is CC(=O)Nc1ccc(-c2[nH]c3ccc(NC(=O)[C@@H]4CCCN4C(=O)C(C)CCNC(=O)OC(C)(C)C)cc3c2F)cc1. The molecule has 224 valence electrons. The van der Waals surface area contributed by atoms with Crippen molar-refractivity contribution in [2.45, 2.75) is 65.5 Å². The fraction of sp³-hybridized carbons (Fsp3) is 0.419. The van der Waals surface area contributed by atoms with Crippen LogP contribution >= 0.6 is 0 Å². The quantitative estimate of drug-likeness (QED) is 0.283. The molecule has 2 atom stereocenters. The number of aromatic amines is 1. The van der Waals surface area contributed by atoms with E-state index in [1.54, 1.807) is 75.1 Å². The number of anilines is 2. The number of hydrogen-bond donors (Lipinski definition) is 4. The van der Waals surface area contributed by atoms with Gasteiger partial charge in [0.2, 0.25) is 17.7 Å². The molecule has 2 aromatic carbocycles. The molecule has 1 aromatic heterocycles. The molecule has 4 rings (SSSR count). The van der Waals surface area contributed by atoms with Gasteiger partial charge in [-0.15, -0.1) is 0 Å². The van der Waals surface area contributed by atoms with Crippen LogP contribution in [0.1, 0.15) is 53.9 Å². The lowest BCUT2D eigenvalue weighted by Crippen LogP contribution is -2.45. The number of ether oxygens (including phenoxy) is 1. The van der Waals surface area contributed by atoms with E-state index < -0.39 is 29.5 Å². The van der Waals surface area contributed by atoms with Gasteiger partial charge in [-0.3, -0.25) is 14.4 Å². The maximum absolute atomic E-state index is 15.4. The molecule has 42 heavy (non-hydrogen) atoms. The van der Waals surface area contributed by atoms with Gasteiger partial charge >= 0.3 is 6.09 Å². The molecule has 0 radical (unpaired) electrons. The molecule has 1 fully saturated rings.